The molecule has 0 N–H and O–H groups in total. The Bertz CT molecular complexity index is 719. The molecule has 2 rings (SSSR count). The van der Waals surface area contributed by atoms with E-state index in [1.807, 2.05) is 30.5 Å². The molecule has 1 heterocycles. The molecule has 21 heavy (non-hydrogen) atoms. The summed E-state index contributed by atoms with van der Waals surface area (Å²) in [6.45, 7) is 1.91. The summed E-state index contributed by atoms with van der Waals surface area (Å²) in [4.78, 5) is 16.3. The van der Waals surface area contributed by atoms with Crippen molar-refractivity contribution in [2.75, 3.05) is 0 Å². The van der Waals surface area contributed by atoms with E-state index >= 15 is 0 Å². The Morgan fingerprint density at radius 2 is 2.05 bits per heavy atom. The molecule has 0 fully saturated rings. The normalized spacial score (nSPS) is 11.4. The zero-order valence-electron chi connectivity index (χ0n) is 11.5. The molecule has 0 aliphatic rings. The highest BCUT2D eigenvalue weighted by Gasteiger charge is 2.22. The number of ketones is 1. The molecule has 104 valence electrons. The SMILES string of the molecule is CCCC(=O)C(C#N)c1nc(-c2ccc(C#N)cc2)cs1. The van der Waals surface area contributed by atoms with Crippen LogP contribution in [0.2, 0.25) is 0 Å². The minimum Gasteiger partial charge on any atom is -0.298 e. The Balaban J connectivity index is 2.26. The number of nitriles is 2. The van der Waals surface area contributed by atoms with Crippen LogP contribution in [0.25, 0.3) is 11.3 Å². The molecule has 1 aromatic carbocycles. The van der Waals surface area contributed by atoms with Crippen LogP contribution in [-0.4, -0.2) is 10.8 Å². The molecule has 1 aromatic heterocycles. The second-order valence-corrected chi connectivity index (χ2v) is 5.43. The number of nitrogens with zero attached hydrogens (tertiary/aromatic N) is 3. The minimum atomic E-state index is -0.776. The van der Waals surface area contributed by atoms with E-state index in [0.717, 1.165) is 17.7 Å². The first-order valence-electron chi connectivity index (χ1n) is 6.58. The van der Waals surface area contributed by atoms with Gasteiger partial charge in [-0.1, -0.05) is 19.1 Å². The van der Waals surface area contributed by atoms with E-state index in [4.69, 9.17) is 5.26 Å². The third kappa shape index (κ3) is 3.34. The molecule has 5 heteroatoms. The summed E-state index contributed by atoms with van der Waals surface area (Å²) in [6.07, 6.45) is 1.12. The molecule has 0 bridgehead atoms. The average Bonchev–Trinajstić information content (AvgIpc) is 2.98. The summed E-state index contributed by atoms with van der Waals surface area (Å²) >= 11 is 1.32. The Labute approximate surface area is 127 Å². The molecule has 0 saturated carbocycles. The van der Waals surface area contributed by atoms with Gasteiger partial charge in [0, 0.05) is 17.4 Å². The van der Waals surface area contributed by atoms with Crippen molar-refractivity contribution in [2.24, 2.45) is 0 Å². The number of Topliss-reactive ketones (excluding diaryl/α,β-unsaturated/α-hetero) is 1. The minimum absolute atomic E-state index is 0.0827. The molecular weight excluding hydrogens is 282 g/mol. The van der Waals surface area contributed by atoms with E-state index < -0.39 is 5.92 Å². The number of rotatable bonds is 5. The molecule has 1 unspecified atom stereocenters. The first-order valence-corrected chi connectivity index (χ1v) is 7.45. The molecular formula is C16H13N3OS. The second-order valence-electron chi connectivity index (χ2n) is 4.54. The molecule has 0 saturated heterocycles. The zero-order chi connectivity index (χ0) is 15.2. The number of hydrogen-bond donors (Lipinski definition) is 0. The summed E-state index contributed by atoms with van der Waals surface area (Å²) in [5.74, 6) is -0.859. The van der Waals surface area contributed by atoms with Crippen molar-refractivity contribution in [3.63, 3.8) is 0 Å². The lowest BCUT2D eigenvalue weighted by molar-refractivity contribution is -0.119. The van der Waals surface area contributed by atoms with Crippen molar-refractivity contribution >= 4 is 17.1 Å². The lowest BCUT2D eigenvalue weighted by Crippen LogP contribution is -2.09. The van der Waals surface area contributed by atoms with Crippen LogP contribution in [0.5, 0.6) is 0 Å². The summed E-state index contributed by atoms with van der Waals surface area (Å²) in [6, 6.07) is 11.2. The van der Waals surface area contributed by atoms with Crippen molar-refractivity contribution in [1.82, 2.24) is 4.98 Å². The monoisotopic (exact) mass is 295 g/mol. The van der Waals surface area contributed by atoms with E-state index in [2.05, 4.69) is 11.1 Å². The lowest BCUT2D eigenvalue weighted by Gasteiger charge is -2.03. The fourth-order valence-electron chi connectivity index (χ4n) is 1.92. The van der Waals surface area contributed by atoms with Gasteiger partial charge < -0.3 is 0 Å². The molecule has 2 aromatic rings. The van der Waals surface area contributed by atoms with Crippen molar-refractivity contribution in [1.29, 1.82) is 10.5 Å². The number of carbonyl (C=O) groups is 1. The number of benzene rings is 1. The zero-order valence-corrected chi connectivity index (χ0v) is 12.4. The molecule has 0 radical (unpaired) electrons. The maximum absolute atomic E-state index is 11.9. The van der Waals surface area contributed by atoms with Crippen LogP contribution in [0.3, 0.4) is 0 Å². The van der Waals surface area contributed by atoms with Crippen LogP contribution in [0.4, 0.5) is 0 Å². The molecule has 0 spiro atoms. The van der Waals surface area contributed by atoms with Crippen molar-refractivity contribution in [3.8, 4) is 23.4 Å². The number of carbonyl (C=O) groups excluding carboxylic acids is 1. The Kier molecular flexibility index (Phi) is 4.81. The van der Waals surface area contributed by atoms with E-state index in [1.54, 1.807) is 12.1 Å². The standard InChI is InChI=1S/C16H13N3OS/c1-2-3-15(20)13(9-18)16-19-14(10-21-16)12-6-4-11(8-17)5-7-12/h4-7,10,13H,2-3H2,1H3. The maximum atomic E-state index is 11.9. The van der Waals surface area contributed by atoms with Crippen LogP contribution in [-0.2, 0) is 4.79 Å². The highest BCUT2D eigenvalue weighted by Crippen LogP contribution is 2.27. The van der Waals surface area contributed by atoms with Gasteiger partial charge in [0.05, 0.1) is 23.4 Å². The van der Waals surface area contributed by atoms with E-state index in [1.165, 1.54) is 11.3 Å². The maximum Gasteiger partial charge on any atom is 0.156 e. The Morgan fingerprint density at radius 3 is 2.62 bits per heavy atom. The van der Waals surface area contributed by atoms with Gasteiger partial charge in [0.15, 0.2) is 11.7 Å². The van der Waals surface area contributed by atoms with Gasteiger partial charge in [-0.05, 0) is 18.6 Å². The first kappa shape index (κ1) is 14.9. The predicted octanol–water partition coefficient (Wildman–Crippen LogP) is 3.66. The van der Waals surface area contributed by atoms with Crippen LogP contribution in [0, 0.1) is 22.7 Å². The van der Waals surface area contributed by atoms with Gasteiger partial charge in [-0.2, -0.15) is 10.5 Å². The number of hydrogen-bond acceptors (Lipinski definition) is 5. The van der Waals surface area contributed by atoms with E-state index in [0.29, 0.717) is 17.0 Å². The predicted molar refractivity (Wildman–Crippen MR) is 80.5 cm³/mol. The van der Waals surface area contributed by atoms with Gasteiger partial charge in [-0.3, -0.25) is 4.79 Å². The van der Waals surface area contributed by atoms with Gasteiger partial charge in [0.25, 0.3) is 0 Å². The number of aromatic nitrogens is 1. The van der Waals surface area contributed by atoms with Gasteiger partial charge in [-0.15, -0.1) is 11.3 Å². The molecule has 0 aliphatic heterocycles. The number of thiazole rings is 1. The largest absolute Gasteiger partial charge is 0.298 e. The molecule has 1 atom stereocenters. The third-order valence-corrected chi connectivity index (χ3v) is 3.94. The van der Waals surface area contributed by atoms with Crippen LogP contribution in [0.15, 0.2) is 29.6 Å². The summed E-state index contributed by atoms with van der Waals surface area (Å²) < 4.78 is 0. The topological polar surface area (TPSA) is 77.5 Å². The highest BCUT2D eigenvalue weighted by molar-refractivity contribution is 7.10. The van der Waals surface area contributed by atoms with Gasteiger partial charge >= 0.3 is 0 Å². The highest BCUT2D eigenvalue weighted by atomic mass is 32.1. The second kappa shape index (κ2) is 6.78. The Hall–Kier alpha value is -2.50. The van der Waals surface area contributed by atoms with E-state index in [-0.39, 0.29) is 5.78 Å². The Morgan fingerprint density at radius 1 is 1.33 bits per heavy atom. The summed E-state index contributed by atoms with van der Waals surface area (Å²) in [5, 5.41) is 20.3. The van der Waals surface area contributed by atoms with Gasteiger partial charge in [0.1, 0.15) is 5.01 Å². The smallest absolute Gasteiger partial charge is 0.156 e. The van der Waals surface area contributed by atoms with Crippen molar-refractivity contribution in [3.05, 3.63) is 40.2 Å². The third-order valence-electron chi connectivity index (χ3n) is 3.03. The van der Waals surface area contributed by atoms with Crippen molar-refractivity contribution in [2.45, 2.75) is 25.7 Å². The quantitative estimate of drug-likeness (QED) is 0.843. The van der Waals surface area contributed by atoms with E-state index in [9.17, 15) is 10.1 Å². The summed E-state index contributed by atoms with van der Waals surface area (Å²) in [7, 11) is 0. The average molecular weight is 295 g/mol. The fraction of sp³-hybridized carbons (Fsp3) is 0.250. The van der Waals surface area contributed by atoms with Gasteiger partial charge in [0.2, 0.25) is 0 Å². The van der Waals surface area contributed by atoms with Crippen LogP contribution in [0.1, 0.15) is 36.3 Å². The molecule has 4 nitrogen and oxygen atoms in total. The summed E-state index contributed by atoms with van der Waals surface area (Å²) in [5.41, 5.74) is 2.18. The lowest BCUT2D eigenvalue weighted by atomic mass is 10.0. The van der Waals surface area contributed by atoms with Crippen molar-refractivity contribution < 1.29 is 4.79 Å². The molecule has 0 aliphatic carbocycles. The first-order chi connectivity index (χ1) is 10.2. The van der Waals surface area contributed by atoms with Gasteiger partial charge in [-0.25, -0.2) is 4.98 Å². The van der Waals surface area contributed by atoms with Crippen LogP contribution >= 0.6 is 11.3 Å². The fourth-order valence-corrected chi connectivity index (χ4v) is 2.82. The molecule has 0 amide bonds. The van der Waals surface area contributed by atoms with Crippen LogP contribution < -0.4 is 0 Å².